The number of benzene rings is 2. The fourth-order valence-electron chi connectivity index (χ4n) is 2.90. The van der Waals surface area contributed by atoms with Crippen molar-refractivity contribution in [3.05, 3.63) is 59.8 Å². The quantitative estimate of drug-likeness (QED) is 0.458. The van der Waals surface area contributed by atoms with Crippen LogP contribution in [0.1, 0.15) is 13.3 Å². The number of carbonyl (C=O) groups excluding carboxylic acids is 1. The molecule has 0 aliphatic heterocycles. The number of nitrogens with one attached hydrogen (secondary N) is 1. The standard InChI is InChI=1S/C20H17ClN4OS/c1-13(26)10-11-27-20-24-23-19(25(20)15-8-6-14(21)7-9-15)17-12-22-18-5-3-2-4-16(17)18/h2-9,12,22H,10-11H2,1H3. The number of rotatable bonds is 6. The molecule has 0 saturated heterocycles. The van der Waals surface area contributed by atoms with Gasteiger partial charge in [0, 0.05) is 45.5 Å². The van der Waals surface area contributed by atoms with Gasteiger partial charge >= 0.3 is 0 Å². The molecule has 0 aliphatic rings. The smallest absolute Gasteiger partial charge is 0.196 e. The molecule has 1 N–H and O–H groups in total. The number of hydrogen-bond donors (Lipinski definition) is 1. The maximum absolute atomic E-state index is 11.3. The minimum absolute atomic E-state index is 0.164. The molecule has 5 nitrogen and oxygen atoms in total. The first-order valence-corrected chi connectivity index (χ1v) is 9.90. The van der Waals surface area contributed by atoms with Gasteiger partial charge in [-0.15, -0.1) is 10.2 Å². The Bertz CT molecular complexity index is 1100. The maximum atomic E-state index is 11.3. The Kier molecular flexibility index (Phi) is 5.01. The van der Waals surface area contributed by atoms with Gasteiger partial charge in [0.1, 0.15) is 5.78 Å². The zero-order valence-corrected chi connectivity index (χ0v) is 16.2. The molecule has 0 amide bonds. The molecule has 4 aromatic rings. The molecule has 2 aromatic carbocycles. The van der Waals surface area contributed by atoms with Gasteiger partial charge in [-0.05, 0) is 37.3 Å². The Morgan fingerprint density at radius 3 is 2.70 bits per heavy atom. The number of carbonyl (C=O) groups is 1. The van der Waals surface area contributed by atoms with Gasteiger partial charge in [0.2, 0.25) is 0 Å². The molecule has 0 atom stereocenters. The van der Waals surface area contributed by atoms with Crippen LogP contribution in [0.5, 0.6) is 0 Å². The van der Waals surface area contributed by atoms with Gasteiger partial charge in [-0.1, -0.05) is 41.6 Å². The van der Waals surface area contributed by atoms with Crippen LogP contribution in [0.2, 0.25) is 5.02 Å². The van der Waals surface area contributed by atoms with Crippen LogP contribution in [0, 0.1) is 0 Å². The molecular formula is C20H17ClN4OS. The number of aromatic amines is 1. The second-order valence-electron chi connectivity index (χ2n) is 6.17. The van der Waals surface area contributed by atoms with E-state index in [0.29, 0.717) is 17.2 Å². The summed E-state index contributed by atoms with van der Waals surface area (Å²) < 4.78 is 2.01. The number of para-hydroxylation sites is 1. The molecule has 0 unspecified atom stereocenters. The second-order valence-corrected chi connectivity index (χ2v) is 7.66. The van der Waals surface area contributed by atoms with E-state index in [9.17, 15) is 4.79 Å². The fraction of sp³-hybridized carbons (Fsp3) is 0.150. The van der Waals surface area contributed by atoms with Gasteiger partial charge in [0.05, 0.1) is 0 Å². The molecule has 4 rings (SSSR count). The third-order valence-electron chi connectivity index (χ3n) is 4.23. The van der Waals surface area contributed by atoms with Crippen molar-refractivity contribution in [2.45, 2.75) is 18.5 Å². The van der Waals surface area contributed by atoms with Gasteiger partial charge in [0.25, 0.3) is 0 Å². The summed E-state index contributed by atoms with van der Waals surface area (Å²) >= 11 is 7.58. The van der Waals surface area contributed by atoms with Gasteiger partial charge in [-0.2, -0.15) is 0 Å². The van der Waals surface area contributed by atoms with E-state index in [2.05, 4.69) is 21.2 Å². The Morgan fingerprint density at radius 1 is 1.15 bits per heavy atom. The van der Waals surface area contributed by atoms with E-state index in [1.807, 2.05) is 53.2 Å². The topological polar surface area (TPSA) is 63.6 Å². The summed E-state index contributed by atoms with van der Waals surface area (Å²) in [7, 11) is 0. The molecule has 0 spiro atoms. The molecule has 136 valence electrons. The minimum Gasteiger partial charge on any atom is -0.360 e. The Morgan fingerprint density at radius 2 is 1.93 bits per heavy atom. The van der Waals surface area contributed by atoms with E-state index in [1.165, 1.54) is 11.8 Å². The lowest BCUT2D eigenvalue weighted by molar-refractivity contribution is -0.116. The molecule has 27 heavy (non-hydrogen) atoms. The highest BCUT2D eigenvalue weighted by Crippen LogP contribution is 2.32. The number of hydrogen-bond acceptors (Lipinski definition) is 4. The third-order valence-corrected chi connectivity index (χ3v) is 5.42. The van der Waals surface area contributed by atoms with Crippen LogP contribution in [0.3, 0.4) is 0 Å². The lowest BCUT2D eigenvalue weighted by atomic mass is 10.1. The zero-order valence-electron chi connectivity index (χ0n) is 14.6. The normalized spacial score (nSPS) is 11.2. The van der Waals surface area contributed by atoms with E-state index in [1.54, 1.807) is 6.92 Å². The van der Waals surface area contributed by atoms with E-state index in [4.69, 9.17) is 11.6 Å². The Labute approximate surface area is 165 Å². The molecule has 2 aromatic heterocycles. The van der Waals surface area contributed by atoms with Crippen LogP contribution in [-0.2, 0) is 4.79 Å². The van der Waals surface area contributed by atoms with Crippen molar-refractivity contribution >= 4 is 40.0 Å². The summed E-state index contributed by atoms with van der Waals surface area (Å²) in [6.45, 7) is 1.60. The van der Waals surface area contributed by atoms with Crippen molar-refractivity contribution in [2.75, 3.05) is 5.75 Å². The van der Waals surface area contributed by atoms with Crippen LogP contribution in [0.25, 0.3) is 28.0 Å². The van der Waals surface area contributed by atoms with E-state index in [0.717, 1.165) is 33.1 Å². The number of halogens is 1. The summed E-state index contributed by atoms with van der Waals surface area (Å²) in [5.41, 5.74) is 2.95. The van der Waals surface area contributed by atoms with Gasteiger partial charge in [0.15, 0.2) is 11.0 Å². The largest absolute Gasteiger partial charge is 0.360 e. The van der Waals surface area contributed by atoms with E-state index < -0.39 is 0 Å². The maximum Gasteiger partial charge on any atom is 0.196 e. The molecule has 0 aliphatic carbocycles. The summed E-state index contributed by atoms with van der Waals surface area (Å²) in [6, 6.07) is 15.7. The van der Waals surface area contributed by atoms with Crippen molar-refractivity contribution in [1.82, 2.24) is 19.7 Å². The lowest BCUT2D eigenvalue weighted by Crippen LogP contribution is -2.00. The van der Waals surface area contributed by atoms with Crippen molar-refractivity contribution in [3.63, 3.8) is 0 Å². The Balaban J connectivity index is 1.82. The van der Waals surface area contributed by atoms with Crippen LogP contribution in [-0.4, -0.2) is 31.3 Å². The van der Waals surface area contributed by atoms with Gasteiger partial charge in [-0.25, -0.2) is 0 Å². The number of H-pyrrole nitrogens is 1. The van der Waals surface area contributed by atoms with Gasteiger partial charge in [-0.3, -0.25) is 9.36 Å². The number of aromatic nitrogens is 4. The number of ketones is 1. The fourth-order valence-corrected chi connectivity index (χ4v) is 4.02. The number of nitrogens with zero attached hydrogens (tertiary/aromatic N) is 3. The van der Waals surface area contributed by atoms with Crippen molar-refractivity contribution < 1.29 is 4.79 Å². The average molecular weight is 397 g/mol. The second kappa shape index (κ2) is 7.58. The number of thioether (sulfide) groups is 1. The highest BCUT2D eigenvalue weighted by Gasteiger charge is 2.19. The van der Waals surface area contributed by atoms with Crippen LogP contribution < -0.4 is 0 Å². The van der Waals surface area contributed by atoms with Crippen LogP contribution >= 0.6 is 23.4 Å². The van der Waals surface area contributed by atoms with Crippen LogP contribution in [0.4, 0.5) is 0 Å². The first kappa shape index (κ1) is 17.8. The lowest BCUT2D eigenvalue weighted by Gasteiger charge is -2.10. The van der Waals surface area contributed by atoms with Gasteiger partial charge < -0.3 is 4.98 Å². The predicted molar refractivity (Wildman–Crippen MR) is 110 cm³/mol. The predicted octanol–water partition coefficient (Wildman–Crippen LogP) is 5.14. The molecule has 0 radical (unpaired) electrons. The average Bonchev–Trinajstić information content (AvgIpc) is 3.26. The highest BCUT2D eigenvalue weighted by molar-refractivity contribution is 7.99. The summed E-state index contributed by atoms with van der Waals surface area (Å²) in [6.07, 6.45) is 2.45. The SMILES string of the molecule is CC(=O)CCSc1nnc(-c2c[nH]c3ccccc23)n1-c1ccc(Cl)cc1. The summed E-state index contributed by atoms with van der Waals surface area (Å²) in [5.74, 6) is 1.58. The van der Waals surface area contributed by atoms with Crippen LogP contribution in [0.15, 0.2) is 59.9 Å². The van der Waals surface area contributed by atoms with Crippen molar-refractivity contribution in [1.29, 1.82) is 0 Å². The Hall–Kier alpha value is -2.57. The molecule has 0 saturated carbocycles. The zero-order chi connectivity index (χ0) is 18.8. The molecule has 2 heterocycles. The van der Waals surface area contributed by atoms with Crippen molar-refractivity contribution in [2.24, 2.45) is 0 Å². The highest BCUT2D eigenvalue weighted by atomic mass is 35.5. The minimum atomic E-state index is 0.164. The molecule has 7 heteroatoms. The third kappa shape index (κ3) is 3.63. The summed E-state index contributed by atoms with van der Waals surface area (Å²) in [5, 5.41) is 11.4. The summed E-state index contributed by atoms with van der Waals surface area (Å²) in [4.78, 5) is 14.6. The monoisotopic (exact) mass is 396 g/mol. The molecule has 0 fully saturated rings. The van der Waals surface area contributed by atoms with E-state index >= 15 is 0 Å². The number of Topliss-reactive ketones (excluding diaryl/α,β-unsaturated/α-hetero) is 1. The first-order chi connectivity index (χ1) is 13.1. The number of fused-ring (bicyclic) bond motifs is 1. The molecule has 0 bridgehead atoms. The first-order valence-electron chi connectivity index (χ1n) is 8.53. The molecular weight excluding hydrogens is 380 g/mol. The van der Waals surface area contributed by atoms with E-state index in [-0.39, 0.29) is 5.78 Å². The van der Waals surface area contributed by atoms with Crippen molar-refractivity contribution in [3.8, 4) is 17.1 Å².